The van der Waals surface area contributed by atoms with Crippen LogP contribution in [0.2, 0.25) is 0 Å². The van der Waals surface area contributed by atoms with Crippen molar-refractivity contribution >= 4 is 5.97 Å². The van der Waals surface area contributed by atoms with Crippen LogP contribution >= 0.6 is 0 Å². The molecule has 0 amide bonds. The Morgan fingerprint density at radius 1 is 1.15 bits per heavy atom. The molecular weight excluding hydrogens is 256 g/mol. The van der Waals surface area contributed by atoms with E-state index in [4.69, 9.17) is 14.2 Å². The van der Waals surface area contributed by atoms with E-state index in [2.05, 4.69) is 0 Å². The van der Waals surface area contributed by atoms with Gasteiger partial charge in [0.05, 0.1) is 25.2 Å². The molecule has 1 aliphatic carbocycles. The Morgan fingerprint density at radius 2 is 1.90 bits per heavy atom. The van der Waals surface area contributed by atoms with Crippen LogP contribution in [0.4, 0.5) is 0 Å². The number of cyclic esters (lactones) is 1. The molecule has 4 heteroatoms. The Balaban J connectivity index is 1.77. The Bertz CT molecular complexity index is 359. The second-order valence-electron chi connectivity index (χ2n) is 6.91. The van der Waals surface area contributed by atoms with Gasteiger partial charge in [-0.25, -0.2) is 0 Å². The van der Waals surface area contributed by atoms with Crippen LogP contribution in [0.5, 0.6) is 0 Å². The first kappa shape index (κ1) is 14.3. The fourth-order valence-corrected chi connectivity index (χ4v) is 4.18. The highest BCUT2D eigenvalue weighted by molar-refractivity contribution is 5.74. The summed E-state index contributed by atoms with van der Waals surface area (Å²) in [6, 6.07) is 0. The fourth-order valence-electron chi connectivity index (χ4n) is 4.18. The highest BCUT2D eigenvalue weighted by Crippen LogP contribution is 2.43. The second kappa shape index (κ2) is 5.64. The molecule has 0 unspecified atom stereocenters. The molecule has 2 aliphatic heterocycles. The van der Waals surface area contributed by atoms with Gasteiger partial charge in [0, 0.05) is 5.92 Å². The van der Waals surface area contributed by atoms with Gasteiger partial charge in [0.25, 0.3) is 0 Å². The molecule has 2 saturated heterocycles. The predicted octanol–water partition coefficient (Wildman–Crippen LogP) is 2.90. The standard InChI is InChI=1S/C16H26O4/c1-16(2)19-10-13(20-16)14(11-6-4-3-5-7-11)12-8-9-18-15(12)17/h11-14H,3-10H2,1-2H3/t12-,13-,14-/m1/s1. The van der Waals surface area contributed by atoms with E-state index in [1.54, 1.807) is 0 Å². The highest BCUT2D eigenvalue weighted by atomic mass is 16.7. The maximum absolute atomic E-state index is 12.1. The van der Waals surface area contributed by atoms with E-state index < -0.39 is 5.79 Å². The van der Waals surface area contributed by atoms with Crippen molar-refractivity contribution in [1.29, 1.82) is 0 Å². The maximum atomic E-state index is 12.1. The molecule has 114 valence electrons. The van der Waals surface area contributed by atoms with E-state index in [-0.39, 0.29) is 23.9 Å². The van der Waals surface area contributed by atoms with Crippen LogP contribution in [0, 0.1) is 17.8 Å². The summed E-state index contributed by atoms with van der Waals surface area (Å²) >= 11 is 0. The van der Waals surface area contributed by atoms with Crippen LogP contribution in [-0.2, 0) is 19.0 Å². The van der Waals surface area contributed by atoms with E-state index in [0.29, 0.717) is 19.1 Å². The van der Waals surface area contributed by atoms with Gasteiger partial charge in [0.2, 0.25) is 0 Å². The molecule has 20 heavy (non-hydrogen) atoms. The largest absolute Gasteiger partial charge is 0.465 e. The lowest BCUT2D eigenvalue weighted by Crippen LogP contribution is -2.39. The van der Waals surface area contributed by atoms with Crippen molar-refractivity contribution in [2.75, 3.05) is 13.2 Å². The molecule has 4 nitrogen and oxygen atoms in total. The Labute approximate surface area is 121 Å². The van der Waals surface area contributed by atoms with Gasteiger partial charge in [-0.15, -0.1) is 0 Å². The third kappa shape index (κ3) is 2.86. The van der Waals surface area contributed by atoms with E-state index in [0.717, 1.165) is 6.42 Å². The van der Waals surface area contributed by atoms with Gasteiger partial charge >= 0.3 is 5.97 Å². The number of rotatable bonds is 3. The maximum Gasteiger partial charge on any atom is 0.309 e. The Hall–Kier alpha value is -0.610. The van der Waals surface area contributed by atoms with Crippen LogP contribution < -0.4 is 0 Å². The van der Waals surface area contributed by atoms with Gasteiger partial charge in [-0.3, -0.25) is 4.79 Å². The van der Waals surface area contributed by atoms with Gasteiger partial charge in [0.15, 0.2) is 5.79 Å². The lowest BCUT2D eigenvalue weighted by Gasteiger charge is -2.36. The Morgan fingerprint density at radius 3 is 2.45 bits per heavy atom. The molecule has 0 aromatic heterocycles. The Kier molecular flexibility index (Phi) is 4.04. The summed E-state index contributed by atoms with van der Waals surface area (Å²) < 4.78 is 17.1. The van der Waals surface area contributed by atoms with Gasteiger partial charge in [-0.1, -0.05) is 32.1 Å². The van der Waals surface area contributed by atoms with Crippen LogP contribution in [0.25, 0.3) is 0 Å². The van der Waals surface area contributed by atoms with Crippen LogP contribution in [0.3, 0.4) is 0 Å². The van der Waals surface area contributed by atoms with Crippen LogP contribution in [-0.4, -0.2) is 31.1 Å². The number of carbonyl (C=O) groups excluding carboxylic acids is 1. The molecule has 0 aromatic carbocycles. The zero-order valence-corrected chi connectivity index (χ0v) is 12.6. The van der Waals surface area contributed by atoms with Gasteiger partial charge in [-0.2, -0.15) is 0 Å². The van der Waals surface area contributed by atoms with E-state index in [9.17, 15) is 4.79 Å². The van der Waals surface area contributed by atoms with Gasteiger partial charge in [0.1, 0.15) is 0 Å². The molecule has 3 fully saturated rings. The lowest BCUT2D eigenvalue weighted by atomic mass is 9.71. The highest BCUT2D eigenvalue weighted by Gasteiger charge is 2.47. The first-order valence-electron chi connectivity index (χ1n) is 8.05. The third-order valence-electron chi connectivity index (χ3n) is 5.09. The molecule has 3 atom stereocenters. The summed E-state index contributed by atoms with van der Waals surface area (Å²) in [5.74, 6) is 0.337. The molecular formula is C16H26O4. The summed E-state index contributed by atoms with van der Waals surface area (Å²) in [6.45, 7) is 5.09. The molecule has 0 N–H and O–H groups in total. The van der Waals surface area contributed by atoms with E-state index >= 15 is 0 Å². The zero-order valence-electron chi connectivity index (χ0n) is 12.6. The number of hydrogen-bond donors (Lipinski definition) is 0. The van der Waals surface area contributed by atoms with Crippen molar-refractivity contribution in [3.63, 3.8) is 0 Å². The van der Waals surface area contributed by atoms with Crippen molar-refractivity contribution in [3.8, 4) is 0 Å². The predicted molar refractivity (Wildman–Crippen MR) is 74.0 cm³/mol. The quantitative estimate of drug-likeness (QED) is 0.747. The topological polar surface area (TPSA) is 44.8 Å². The second-order valence-corrected chi connectivity index (χ2v) is 6.91. The first-order valence-corrected chi connectivity index (χ1v) is 8.05. The van der Waals surface area contributed by atoms with Gasteiger partial charge < -0.3 is 14.2 Å². The summed E-state index contributed by atoms with van der Waals surface area (Å²) in [5.41, 5.74) is 0. The number of carbonyl (C=O) groups is 1. The van der Waals surface area contributed by atoms with Crippen molar-refractivity contribution in [1.82, 2.24) is 0 Å². The summed E-state index contributed by atoms with van der Waals surface area (Å²) in [4.78, 5) is 12.1. The minimum Gasteiger partial charge on any atom is -0.465 e. The van der Waals surface area contributed by atoms with E-state index in [1.807, 2.05) is 13.8 Å². The van der Waals surface area contributed by atoms with Crippen molar-refractivity contribution < 1.29 is 19.0 Å². The monoisotopic (exact) mass is 282 g/mol. The lowest BCUT2D eigenvalue weighted by molar-refractivity contribution is -0.158. The average molecular weight is 282 g/mol. The molecule has 1 saturated carbocycles. The van der Waals surface area contributed by atoms with Crippen molar-refractivity contribution in [2.24, 2.45) is 17.8 Å². The summed E-state index contributed by atoms with van der Waals surface area (Å²) in [7, 11) is 0. The number of ether oxygens (including phenoxy) is 3. The average Bonchev–Trinajstić information content (AvgIpc) is 2.99. The fraction of sp³-hybridized carbons (Fsp3) is 0.938. The minimum absolute atomic E-state index is 0.0144. The molecule has 3 rings (SSSR count). The third-order valence-corrected chi connectivity index (χ3v) is 5.09. The van der Waals surface area contributed by atoms with Crippen LogP contribution in [0.1, 0.15) is 52.4 Å². The normalized spacial score (nSPS) is 36.0. The zero-order chi connectivity index (χ0) is 14.2. The first-order chi connectivity index (χ1) is 9.57. The number of hydrogen-bond acceptors (Lipinski definition) is 4. The molecule has 0 aromatic rings. The van der Waals surface area contributed by atoms with Crippen molar-refractivity contribution in [2.45, 2.75) is 64.3 Å². The SMILES string of the molecule is CC1(C)OC[C@H]([C@H](C2CCCCC2)[C@H]2CCOC2=O)O1. The molecule has 2 heterocycles. The number of esters is 1. The van der Waals surface area contributed by atoms with Gasteiger partial charge in [-0.05, 0) is 26.2 Å². The summed E-state index contributed by atoms with van der Waals surface area (Å²) in [5, 5.41) is 0. The minimum atomic E-state index is -0.514. The van der Waals surface area contributed by atoms with Crippen LogP contribution in [0.15, 0.2) is 0 Å². The molecule has 3 aliphatic rings. The summed E-state index contributed by atoms with van der Waals surface area (Å²) in [6.07, 6.45) is 7.21. The molecule has 0 spiro atoms. The molecule has 0 bridgehead atoms. The van der Waals surface area contributed by atoms with Crippen molar-refractivity contribution in [3.05, 3.63) is 0 Å². The van der Waals surface area contributed by atoms with E-state index in [1.165, 1.54) is 32.1 Å². The molecule has 0 radical (unpaired) electrons. The smallest absolute Gasteiger partial charge is 0.309 e.